The van der Waals surface area contributed by atoms with Gasteiger partial charge in [0.2, 0.25) is 5.91 Å². The highest BCUT2D eigenvalue weighted by Crippen LogP contribution is 2.31. The molecule has 1 fully saturated rings. The number of hydrogen-bond acceptors (Lipinski definition) is 2. The average Bonchev–Trinajstić information content (AvgIpc) is 2.57. The summed E-state index contributed by atoms with van der Waals surface area (Å²) >= 11 is 3.47. The third-order valence-corrected chi connectivity index (χ3v) is 3.55. The molecule has 4 heteroatoms. The van der Waals surface area contributed by atoms with Gasteiger partial charge in [-0.15, -0.1) is 0 Å². The highest BCUT2D eigenvalue weighted by atomic mass is 79.9. The highest BCUT2D eigenvalue weighted by molar-refractivity contribution is 9.10. The minimum atomic E-state index is -0.118. The van der Waals surface area contributed by atoms with Crippen LogP contribution in [-0.4, -0.2) is 18.2 Å². The molecule has 1 heterocycles. The molecule has 17 heavy (non-hydrogen) atoms. The summed E-state index contributed by atoms with van der Waals surface area (Å²) in [6.45, 7) is 4.43. The number of rotatable bonds is 2. The molecule has 1 saturated heterocycles. The molecule has 2 rings (SSSR count). The van der Waals surface area contributed by atoms with E-state index in [4.69, 9.17) is 0 Å². The SMILES string of the molecule is CC(C)c1ccc(N2CC(=O)CC2=O)c(Br)c1. The van der Waals surface area contributed by atoms with Crippen molar-refractivity contribution in [2.75, 3.05) is 11.4 Å². The molecule has 90 valence electrons. The predicted octanol–water partition coefficient (Wildman–Crippen LogP) is 2.88. The molecule has 0 bridgehead atoms. The largest absolute Gasteiger partial charge is 0.303 e. The van der Waals surface area contributed by atoms with Gasteiger partial charge in [-0.3, -0.25) is 9.59 Å². The minimum Gasteiger partial charge on any atom is -0.303 e. The molecule has 0 aliphatic carbocycles. The van der Waals surface area contributed by atoms with Crippen molar-refractivity contribution in [3.05, 3.63) is 28.2 Å². The van der Waals surface area contributed by atoms with Crippen molar-refractivity contribution in [3.63, 3.8) is 0 Å². The summed E-state index contributed by atoms with van der Waals surface area (Å²) in [5.74, 6) is 0.305. The Morgan fingerprint density at radius 3 is 2.47 bits per heavy atom. The number of halogens is 1. The summed E-state index contributed by atoms with van der Waals surface area (Å²) in [5.41, 5.74) is 1.99. The van der Waals surface area contributed by atoms with Crippen LogP contribution in [-0.2, 0) is 9.59 Å². The van der Waals surface area contributed by atoms with Gasteiger partial charge in [-0.05, 0) is 39.5 Å². The topological polar surface area (TPSA) is 37.4 Å². The molecular formula is C13H14BrNO2. The maximum Gasteiger partial charge on any atom is 0.234 e. The van der Waals surface area contributed by atoms with E-state index in [0.29, 0.717) is 5.92 Å². The molecule has 3 nitrogen and oxygen atoms in total. The van der Waals surface area contributed by atoms with E-state index < -0.39 is 0 Å². The third-order valence-electron chi connectivity index (χ3n) is 2.91. The highest BCUT2D eigenvalue weighted by Gasteiger charge is 2.29. The van der Waals surface area contributed by atoms with Crippen LogP contribution in [0.2, 0.25) is 0 Å². The van der Waals surface area contributed by atoms with Crippen molar-refractivity contribution < 1.29 is 9.59 Å². The van der Waals surface area contributed by atoms with E-state index in [1.165, 1.54) is 10.5 Å². The van der Waals surface area contributed by atoms with Crippen molar-refractivity contribution in [1.82, 2.24) is 0 Å². The zero-order chi connectivity index (χ0) is 12.6. The average molecular weight is 296 g/mol. The Morgan fingerprint density at radius 2 is 2.00 bits per heavy atom. The molecule has 0 N–H and O–H groups in total. The standard InChI is InChI=1S/C13H14BrNO2/c1-8(2)9-3-4-12(11(14)5-9)15-7-10(16)6-13(15)17/h3-5,8H,6-7H2,1-2H3. The molecule has 1 aromatic carbocycles. The molecule has 0 radical (unpaired) electrons. The number of amides is 1. The number of ketones is 1. The number of Topliss-reactive ketones (excluding diaryl/α,β-unsaturated/α-hetero) is 1. The Bertz CT molecular complexity index is 482. The summed E-state index contributed by atoms with van der Waals surface area (Å²) in [5, 5.41) is 0. The molecule has 0 saturated carbocycles. The number of nitrogens with zero attached hydrogens (tertiary/aromatic N) is 1. The Morgan fingerprint density at radius 1 is 1.29 bits per heavy atom. The van der Waals surface area contributed by atoms with Crippen LogP contribution >= 0.6 is 15.9 Å². The summed E-state index contributed by atoms with van der Waals surface area (Å²) < 4.78 is 0.867. The van der Waals surface area contributed by atoms with Crippen molar-refractivity contribution in [1.29, 1.82) is 0 Å². The Balaban J connectivity index is 2.34. The third kappa shape index (κ3) is 2.41. The van der Waals surface area contributed by atoms with Crippen LogP contribution in [0.25, 0.3) is 0 Å². The van der Waals surface area contributed by atoms with Crippen molar-refractivity contribution in [2.24, 2.45) is 0 Å². The van der Waals surface area contributed by atoms with Gasteiger partial charge in [0.1, 0.15) is 0 Å². The minimum absolute atomic E-state index is 0.0187. The zero-order valence-electron chi connectivity index (χ0n) is 9.87. The first-order valence-corrected chi connectivity index (χ1v) is 6.40. The van der Waals surface area contributed by atoms with E-state index >= 15 is 0 Å². The van der Waals surface area contributed by atoms with E-state index in [-0.39, 0.29) is 24.7 Å². The lowest BCUT2D eigenvalue weighted by Gasteiger charge is -2.18. The number of carbonyl (C=O) groups is 2. The molecule has 1 aliphatic heterocycles. The van der Waals surface area contributed by atoms with Crippen LogP contribution in [0.15, 0.2) is 22.7 Å². The predicted molar refractivity (Wildman–Crippen MR) is 70.2 cm³/mol. The summed E-state index contributed by atoms with van der Waals surface area (Å²) in [6, 6.07) is 5.91. The van der Waals surface area contributed by atoms with Crippen LogP contribution in [0.1, 0.15) is 31.7 Å². The maximum absolute atomic E-state index is 11.6. The monoisotopic (exact) mass is 295 g/mol. The Kier molecular flexibility index (Phi) is 3.33. The fourth-order valence-corrected chi connectivity index (χ4v) is 2.52. The molecule has 0 unspecified atom stereocenters. The lowest BCUT2D eigenvalue weighted by molar-refractivity contribution is -0.121. The fraction of sp³-hybridized carbons (Fsp3) is 0.385. The second-order valence-corrected chi connectivity index (χ2v) is 5.42. The number of hydrogen-bond donors (Lipinski definition) is 0. The van der Waals surface area contributed by atoms with Gasteiger partial charge >= 0.3 is 0 Å². The van der Waals surface area contributed by atoms with E-state index in [1.54, 1.807) is 0 Å². The molecule has 1 aromatic rings. The van der Waals surface area contributed by atoms with Crippen LogP contribution in [0.5, 0.6) is 0 Å². The second kappa shape index (κ2) is 4.61. The van der Waals surface area contributed by atoms with Gasteiger partial charge in [0.15, 0.2) is 5.78 Å². The maximum atomic E-state index is 11.6. The smallest absolute Gasteiger partial charge is 0.234 e. The van der Waals surface area contributed by atoms with Crippen molar-refractivity contribution in [3.8, 4) is 0 Å². The van der Waals surface area contributed by atoms with Gasteiger partial charge in [0, 0.05) is 4.47 Å². The van der Waals surface area contributed by atoms with Crippen LogP contribution in [0.4, 0.5) is 5.69 Å². The van der Waals surface area contributed by atoms with E-state index in [0.717, 1.165) is 10.2 Å². The van der Waals surface area contributed by atoms with E-state index in [1.807, 2.05) is 18.2 Å². The van der Waals surface area contributed by atoms with Gasteiger partial charge in [-0.25, -0.2) is 0 Å². The van der Waals surface area contributed by atoms with E-state index in [9.17, 15) is 9.59 Å². The lowest BCUT2D eigenvalue weighted by atomic mass is 10.0. The van der Waals surface area contributed by atoms with Gasteiger partial charge in [0.05, 0.1) is 18.7 Å². The number of benzene rings is 1. The van der Waals surface area contributed by atoms with E-state index in [2.05, 4.69) is 29.8 Å². The summed E-state index contributed by atoms with van der Waals surface area (Å²) in [7, 11) is 0. The zero-order valence-corrected chi connectivity index (χ0v) is 11.5. The Hall–Kier alpha value is -1.16. The quantitative estimate of drug-likeness (QED) is 0.787. The molecule has 1 aliphatic rings. The normalized spacial score (nSPS) is 16.1. The Labute approximate surface area is 109 Å². The lowest BCUT2D eigenvalue weighted by Crippen LogP contribution is -2.24. The first-order valence-electron chi connectivity index (χ1n) is 5.60. The summed E-state index contributed by atoms with van der Waals surface area (Å²) in [6.07, 6.45) is 0.0262. The molecule has 1 amide bonds. The number of carbonyl (C=O) groups excluding carboxylic acids is 2. The van der Waals surface area contributed by atoms with Gasteiger partial charge in [-0.2, -0.15) is 0 Å². The first kappa shape index (κ1) is 12.3. The summed E-state index contributed by atoms with van der Waals surface area (Å²) in [4.78, 5) is 24.4. The van der Waals surface area contributed by atoms with Crippen molar-refractivity contribution in [2.45, 2.75) is 26.2 Å². The van der Waals surface area contributed by atoms with Crippen molar-refractivity contribution >= 4 is 33.3 Å². The first-order chi connectivity index (χ1) is 7.99. The van der Waals surface area contributed by atoms with Gasteiger partial charge in [-0.1, -0.05) is 19.9 Å². The van der Waals surface area contributed by atoms with Gasteiger partial charge < -0.3 is 4.90 Å². The number of anilines is 1. The molecule has 0 atom stereocenters. The van der Waals surface area contributed by atoms with Gasteiger partial charge in [0.25, 0.3) is 0 Å². The molecular weight excluding hydrogens is 282 g/mol. The second-order valence-electron chi connectivity index (χ2n) is 4.56. The van der Waals surface area contributed by atoms with Crippen LogP contribution in [0.3, 0.4) is 0 Å². The van der Waals surface area contributed by atoms with Crippen LogP contribution < -0.4 is 4.90 Å². The molecule has 0 aromatic heterocycles. The van der Waals surface area contributed by atoms with Crippen LogP contribution in [0, 0.1) is 0 Å². The molecule has 0 spiro atoms. The fourth-order valence-electron chi connectivity index (χ4n) is 1.91.